The quantitative estimate of drug-likeness (QED) is 0.824. The van der Waals surface area contributed by atoms with Gasteiger partial charge < -0.3 is 15.7 Å². The highest BCUT2D eigenvalue weighted by Crippen LogP contribution is 2.30. The van der Waals surface area contributed by atoms with Crippen LogP contribution in [0.15, 0.2) is 18.2 Å². The predicted molar refractivity (Wildman–Crippen MR) is 74.8 cm³/mol. The van der Waals surface area contributed by atoms with Crippen molar-refractivity contribution < 1.29 is 5.11 Å². The van der Waals surface area contributed by atoms with Crippen molar-refractivity contribution in [1.82, 2.24) is 0 Å². The third-order valence-electron chi connectivity index (χ3n) is 3.12. The number of hydrogen-bond donors (Lipinski definition) is 2. The van der Waals surface area contributed by atoms with Crippen LogP contribution in [0.25, 0.3) is 0 Å². The lowest BCUT2D eigenvalue weighted by molar-refractivity contribution is 0.266. The lowest BCUT2D eigenvalue weighted by Crippen LogP contribution is -2.33. The summed E-state index contributed by atoms with van der Waals surface area (Å²) >= 11 is 11.0. The Morgan fingerprint density at radius 3 is 3.00 bits per heavy atom. The van der Waals surface area contributed by atoms with Crippen molar-refractivity contribution in [1.29, 1.82) is 0 Å². The van der Waals surface area contributed by atoms with Crippen molar-refractivity contribution >= 4 is 34.5 Å². The molecule has 0 aromatic heterocycles. The van der Waals surface area contributed by atoms with Gasteiger partial charge in [0, 0.05) is 22.8 Å². The molecular formula is C12H15ClN2OS. The van der Waals surface area contributed by atoms with Crippen molar-refractivity contribution in [3.63, 3.8) is 0 Å². The van der Waals surface area contributed by atoms with Crippen LogP contribution in [0.2, 0.25) is 5.02 Å². The highest BCUT2D eigenvalue weighted by atomic mass is 35.5. The second-order valence-electron chi connectivity index (χ2n) is 4.20. The van der Waals surface area contributed by atoms with Crippen molar-refractivity contribution in [3.05, 3.63) is 28.8 Å². The Hall–Kier alpha value is -0.840. The zero-order chi connectivity index (χ0) is 12.4. The van der Waals surface area contributed by atoms with Crippen LogP contribution in [0.3, 0.4) is 0 Å². The minimum absolute atomic E-state index is 0.152. The molecule has 1 aromatic carbocycles. The summed E-state index contributed by atoms with van der Waals surface area (Å²) in [4.78, 5) is 2.50. The molecule has 0 spiro atoms. The molecular weight excluding hydrogens is 256 g/mol. The predicted octanol–water partition coefficient (Wildman–Crippen LogP) is 1.94. The van der Waals surface area contributed by atoms with Gasteiger partial charge in [-0.2, -0.15) is 0 Å². The van der Waals surface area contributed by atoms with E-state index in [1.54, 1.807) is 6.07 Å². The molecule has 0 bridgehead atoms. The Balaban J connectivity index is 2.40. The molecule has 3 nitrogen and oxygen atoms in total. The number of hydrogen-bond acceptors (Lipinski definition) is 3. The van der Waals surface area contributed by atoms with Crippen LogP contribution in [0, 0.1) is 0 Å². The summed E-state index contributed by atoms with van der Waals surface area (Å²) in [7, 11) is 0. The van der Waals surface area contributed by atoms with Crippen LogP contribution in [-0.4, -0.2) is 29.3 Å². The largest absolute Gasteiger partial charge is 0.394 e. The van der Waals surface area contributed by atoms with Crippen LogP contribution in [0.1, 0.15) is 18.4 Å². The molecule has 1 aromatic rings. The molecule has 1 saturated heterocycles. The van der Waals surface area contributed by atoms with Crippen molar-refractivity contribution in [2.45, 2.75) is 18.9 Å². The molecule has 92 valence electrons. The third kappa shape index (κ3) is 2.54. The first kappa shape index (κ1) is 12.6. The number of benzene rings is 1. The molecule has 1 aliphatic rings. The first-order valence-electron chi connectivity index (χ1n) is 5.60. The van der Waals surface area contributed by atoms with Gasteiger partial charge in [0.25, 0.3) is 0 Å². The lowest BCUT2D eigenvalue weighted by atomic mass is 10.1. The standard InChI is InChI=1S/C12H15ClN2OS/c13-8-3-4-11(10(6-8)12(14)17)15-5-1-2-9(15)7-16/h3-4,6,9,16H,1-2,5,7H2,(H2,14,17). The first-order valence-corrected chi connectivity index (χ1v) is 6.39. The molecule has 0 aliphatic carbocycles. The second-order valence-corrected chi connectivity index (χ2v) is 5.07. The number of aliphatic hydroxyl groups excluding tert-OH is 1. The molecule has 1 fully saturated rings. The average Bonchev–Trinajstić information content (AvgIpc) is 2.76. The number of halogens is 1. The van der Waals surface area contributed by atoms with Gasteiger partial charge in [-0.15, -0.1) is 0 Å². The summed E-state index contributed by atoms with van der Waals surface area (Å²) in [6, 6.07) is 5.69. The fraction of sp³-hybridized carbons (Fsp3) is 0.417. The zero-order valence-corrected chi connectivity index (χ0v) is 11.0. The average molecular weight is 271 g/mol. The van der Waals surface area contributed by atoms with Gasteiger partial charge in [-0.25, -0.2) is 0 Å². The van der Waals surface area contributed by atoms with Gasteiger partial charge in [0.1, 0.15) is 4.99 Å². The molecule has 0 amide bonds. The van der Waals surface area contributed by atoms with Crippen LogP contribution >= 0.6 is 23.8 Å². The number of thiocarbonyl (C=S) groups is 1. The monoisotopic (exact) mass is 270 g/mol. The smallest absolute Gasteiger partial charge is 0.106 e. The summed E-state index contributed by atoms with van der Waals surface area (Å²) in [5, 5.41) is 9.97. The Morgan fingerprint density at radius 2 is 2.35 bits per heavy atom. The maximum atomic E-state index is 9.35. The number of rotatable bonds is 3. The van der Waals surface area contributed by atoms with E-state index < -0.39 is 0 Å². The van der Waals surface area contributed by atoms with E-state index in [4.69, 9.17) is 29.6 Å². The highest BCUT2D eigenvalue weighted by Gasteiger charge is 2.26. The van der Waals surface area contributed by atoms with Crippen LogP contribution in [-0.2, 0) is 0 Å². The van der Waals surface area contributed by atoms with Crippen LogP contribution in [0.5, 0.6) is 0 Å². The molecule has 17 heavy (non-hydrogen) atoms. The van der Waals surface area contributed by atoms with E-state index in [0.717, 1.165) is 30.6 Å². The highest BCUT2D eigenvalue weighted by molar-refractivity contribution is 7.80. The van der Waals surface area contributed by atoms with Gasteiger partial charge >= 0.3 is 0 Å². The Morgan fingerprint density at radius 1 is 1.59 bits per heavy atom. The van der Waals surface area contributed by atoms with E-state index in [0.29, 0.717) is 10.0 Å². The number of nitrogens with zero attached hydrogens (tertiary/aromatic N) is 1. The molecule has 1 unspecified atom stereocenters. The van der Waals surface area contributed by atoms with Crippen LogP contribution < -0.4 is 10.6 Å². The fourth-order valence-electron chi connectivity index (χ4n) is 2.30. The third-order valence-corrected chi connectivity index (χ3v) is 3.58. The Bertz CT molecular complexity index is 439. The molecule has 2 rings (SSSR count). The van der Waals surface area contributed by atoms with Gasteiger partial charge in [0.05, 0.1) is 12.6 Å². The minimum atomic E-state index is 0.152. The van der Waals surface area contributed by atoms with E-state index in [-0.39, 0.29) is 12.6 Å². The number of aliphatic hydroxyl groups is 1. The van der Waals surface area contributed by atoms with E-state index in [1.807, 2.05) is 12.1 Å². The van der Waals surface area contributed by atoms with Crippen molar-refractivity contribution in [2.24, 2.45) is 5.73 Å². The second kappa shape index (κ2) is 5.21. The maximum Gasteiger partial charge on any atom is 0.106 e. The summed E-state index contributed by atoms with van der Waals surface area (Å²) in [5.41, 5.74) is 7.48. The van der Waals surface area contributed by atoms with Crippen LogP contribution in [0.4, 0.5) is 5.69 Å². The number of anilines is 1. The van der Waals surface area contributed by atoms with E-state index in [2.05, 4.69) is 4.90 Å². The number of nitrogens with two attached hydrogens (primary N) is 1. The maximum absolute atomic E-state index is 9.35. The topological polar surface area (TPSA) is 49.5 Å². The van der Waals surface area contributed by atoms with Gasteiger partial charge in [-0.3, -0.25) is 0 Å². The van der Waals surface area contributed by atoms with E-state index in [1.165, 1.54) is 0 Å². The first-order chi connectivity index (χ1) is 8.13. The van der Waals surface area contributed by atoms with Crippen molar-refractivity contribution in [3.8, 4) is 0 Å². The Kier molecular flexibility index (Phi) is 3.86. The van der Waals surface area contributed by atoms with E-state index in [9.17, 15) is 5.11 Å². The molecule has 1 aliphatic heterocycles. The zero-order valence-electron chi connectivity index (χ0n) is 9.40. The van der Waals surface area contributed by atoms with Crippen molar-refractivity contribution in [2.75, 3.05) is 18.1 Å². The van der Waals surface area contributed by atoms with E-state index >= 15 is 0 Å². The molecule has 0 radical (unpaired) electrons. The van der Waals surface area contributed by atoms with Gasteiger partial charge in [0.2, 0.25) is 0 Å². The summed E-state index contributed by atoms with van der Waals surface area (Å²) in [5.74, 6) is 0. The summed E-state index contributed by atoms with van der Waals surface area (Å²) < 4.78 is 0. The fourth-order valence-corrected chi connectivity index (χ4v) is 2.63. The molecule has 0 saturated carbocycles. The molecule has 1 atom stereocenters. The van der Waals surface area contributed by atoms with Gasteiger partial charge in [0.15, 0.2) is 0 Å². The SMILES string of the molecule is NC(=S)c1cc(Cl)ccc1N1CCCC1CO. The molecule has 1 heterocycles. The summed E-state index contributed by atoms with van der Waals surface area (Å²) in [6.07, 6.45) is 2.07. The summed E-state index contributed by atoms with van der Waals surface area (Å²) in [6.45, 7) is 1.07. The van der Waals surface area contributed by atoms with Gasteiger partial charge in [-0.05, 0) is 31.0 Å². The van der Waals surface area contributed by atoms with Gasteiger partial charge in [-0.1, -0.05) is 23.8 Å². The Labute approximate surface area is 111 Å². The normalized spacial score (nSPS) is 19.6. The molecule has 5 heteroatoms. The minimum Gasteiger partial charge on any atom is -0.394 e. The lowest BCUT2D eigenvalue weighted by Gasteiger charge is -2.27. The molecule has 3 N–H and O–H groups in total.